The molecule has 3 heteroatoms. The molecule has 4 saturated carbocycles. The van der Waals surface area contributed by atoms with Gasteiger partial charge in [-0.2, -0.15) is 0 Å². The normalized spacial score (nSPS) is 54.6. The van der Waals surface area contributed by atoms with E-state index in [9.17, 15) is 15.3 Å². The van der Waals surface area contributed by atoms with Crippen LogP contribution in [0.2, 0.25) is 0 Å². The van der Waals surface area contributed by atoms with Gasteiger partial charge in [0.2, 0.25) is 0 Å². The summed E-state index contributed by atoms with van der Waals surface area (Å²) in [4.78, 5) is 0. The quantitative estimate of drug-likeness (QED) is 0.344. The van der Waals surface area contributed by atoms with Gasteiger partial charge < -0.3 is 15.3 Å². The Bertz CT molecular complexity index is 848. The average Bonchev–Trinajstić information content (AvgIpc) is 2.80. The van der Waals surface area contributed by atoms with Crippen LogP contribution in [-0.4, -0.2) is 34.1 Å². The highest BCUT2D eigenvalue weighted by atomic mass is 16.3. The fourth-order valence-corrected chi connectivity index (χ4v) is 10.7. The summed E-state index contributed by atoms with van der Waals surface area (Å²) in [5, 5.41) is 32.6. The van der Waals surface area contributed by atoms with Crippen molar-refractivity contribution in [2.24, 2.45) is 50.2 Å². The van der Waals surface area contributed by atoms with Gasteiger partial charge in [-0.25, -0.2) is 0 Å². The van der Waals surface area contributed by atoms with Crippen LogP contribution in [0, 0.1) is 50.2 Å². The highest BCUT2D eigenvalue weighted by Gasteiger charge is 2.69. The van der Waals surface area contributed by atoms with Crippen LogP contribution in [-0.2, 0) is 0 Å². The van der Waals surface area contributed by atoms with E-state index in [1.807, 2.05) is 13.8 Å². The minimum absolute atomic E-state index is 0.00950. The Morgan fingerprint density at radius 1 is 0.771 bits per heavy atom. The Balaban J connectivity index is 0.00000141. The second-order valence-electron chi connectivity index (χ2n) is 15.2. The molecule has 0 spiro atoms. The van der Waals surface area contributed by atoms with Crippen molar-refractivity contribution in [1.29, 1.82) is 0 Å². The van der Waals surface area contributed by atoms with E-state index < -0.39 is 6.10 Å². The zero-order chi connectivity index (χ0) is 26.2. The molecule has 0 aromatic rings. The van der Waals surface area contributed by atoms with E-state index in [2.05, 4.69) is 54.5 Å². The van der Waals surface area contributed by atoms with Crippen molar-refractivity contribution in [1.82, 2.24) is 0 Å². The summed E-state index contributed by atoms with van der Waals surface area (Å²) in [6.45, 7) is 21.0. The van der Waals surface area contributed by atoms with Crippen molar-refractivity contribution in [2.45, 2.75) is 132 Å². The second-order valence-corrected chi connectivity index (χ2v) is 15.2. The molecule has 0 aliphatic heterocycles. The molecule has 0 radical (unpaired) electrons. The molecule has 3 N–H and O–H groups in total. The maximum atomic E-state index is 11.3. The predicted octanol–water partition coefficient (Wildman–Crippen LogP) is 7.14. The molecule has 202 valence electrons. The minimum Gasteiger partial charge on any atom is -0.396 e. The van der Waals surface area contributed by atoms with Crippen LogP contribution in [0.4, 0.5) is 0 Å². The van der Waals surface area contributed by atoms with Gasteiger partial charge in [0.05, 0.1) is 18.8 Å². The number of aliphatic hydroxyl groups excluding tert-OH is 3. The van der Waals surface area contributed by atoms with E-state index in [0.29, 0.717) is 17.8 Å². The van der Waals surface area contributed by atoms with Crippen molar-refractivity contribution in [3.63, 3.8) is 0 Å². The number of rotatable bonds is 1. The molecule has 0 saturated heterocycles. The van der Waals surface area contributed by atoms with Gasteiger partial charge in [-0.05, 0) is 97.2 Å². The molecular weight excluding hydrogens is 432 g/mol. The van der Waals surface area contributed by atoms with Crippen molar-refractivity contribution in [2.75, 3.05) is 6.61 Å². The first kappa shape index (κ1) is 27.6. The fourth-order valence-electron chi connectivity index (χ4n) is 10.7. The van der Waals surface area contributed by atoms with Crippen molar-refractivity contribution in [3.8, 4) is 0 Å². The first-order valence-corrected chi connectivity index (χ1v) is 14.9. The third-order valence-electron chi connectivity index (χ3n) is 13.2. The van der Waals surface area contributed by atoms with E-state index in [4.69, 9.17) is 0 Å². The molecule has 0 heterocycles. The Labute approximate surface area is 216 Å². The second kappa shape index (κ2) is 8.57. The maximum absolute atomic E-state index is 11.3. The van der Waals surface area contributed by atoms with Gasteiger partial charge in [0.15, 0.2) is 0 Å². The number of fused-ring (bicyclic) bond motifs is 7. The number of aliphatic hydroxyl groups is 3. The predicted molar refractivity (Wildman–Crippen MR) is 145 cm³/mol. The fraction of sp³-hybridized carbons (Fsp3) is 0.938. The zero-order valence-corrected chi connectivity index (χ0v) is 24.4. The lowest BCUT2D eigenvalue weighted by Gasteiger charge is -2.71. The molecule has 0 aromatic heterocycles. The summed E-state index contributed by atoms with van der Waals surface area (Å²) in [6, 6.07) is 0. The lowest BCUT2D eigenvalue weighted by atomic mass is 9.33. The summed E-state index contributed by atoms with van der Waals surface area (Å²) >= 11 is 0. The summed E-state index contributed by atoms with van der Waals surface area (Å²) in [5.74, 6) is 1.44. The van der Waals surface area contributed by atoms with Crippen LogP contribution in [0.3, 0.4) is 0 Å². The van der Waals surface area contributed by atoms with Crippen LogP contribution >= 0.6 is 0 Å². The summed E-state index contributed by atoms with van der Waals surface area (Å²) in [5.41, 5.74) is 2.04. The number of hydrogen-bond donors (Lipinski definition) is 3. The van der Waals surface area contributed by atoms with Gasteiger partial charge in [0, 0.05) is 10.8 Å². The van der Waals surface area contributed by atoms with Crippen molar-refractivity contribution >= 4 is 0 Å². The van der Waals surface area contributed by atoms with Crippen LogP contribution < -0.4 is 0 Å². The van der Waals surface area contributed by atoms with Gasteiger partial charge in [-0.1, -0.05) is 74.0 Å². The number of hydrogen-bond acceptors (Lipinski definition) is 3. The van der Waals surface area contributed by atoms with E-state index in [1.54, 1.807) is 5.57 Å². The monoisotopic (exact) mass is 488 g/mol. The molecule has 5 aliphatic rings. The SMILES string of the molecule is CC.CC1(C)CC(O)C2(C)CCC3(C)C(=CCC4C5(C)CCC(O)C(C)(CO)C5CCC43C)C2C1. The smallest absolute Gasteiger partial charge is 0.0618 e. The molecule has 35 heavy (non-hydrogen) atoms. The van der Waals surface area contributed by atoms with Gasteiger partial charge in [0.1, 0.15) is 0 Å². The summed E-state index contributed by atoms with van der Waals surface area (Å²) in [7, 11) is 0. The van der Waals surface area contributed by atoms with Gasteiger partial charge in [0.25, 0.3) is 0 Å². The molecule has 0 aromatic carbocycles. The van der Waals surface area contributed by atoms with E-state index >= 15 is 0 Å². The Hall–Kier alpha value is -0.380. The Morgan fingerprint density at radius 3 is 2.06 bits per heavy atom. The lowest BCUT2D eigenvalue weighted by molar-refractivity contribution is -0.218. The van der Waals surface area contributed by atoms with Crippen molar-refractivity contribution < 1.29 is 15.3 Å². The van der Waals surface area contributed by atoms with Crippen LogP contribution in [0.1, 0.15) is 120 Å². The Morgan fingerprint density at radius 2 is 1.43 bits per heavy atom. The van der Waals surface area contributed by atoms with E-state index in [0.717, 1.165) is 38.5 Å². The van der Waals surface area contributed by atoms with E-state index in [1.165, 1.54) is 19.3 Å². The highest BCUT2D eigenvalue weighted by Crippen LogP contribution is 2.75. The van der Waals surface area contributed by atoms with Crippen LogP contribution in [0.15, 0.2) is 11.6 Å². The molecule has 10 unspecified atom stereocenters. The molecule has 10 atom stereocenters. The number of allylic oxidation sites excluding steroid dienone is 2. The van der Waals surface area contributed by atoms with Crippen LogP contribution in [0.5, 0.6) is 0 Å². The average molecular weight is 489 g/mol. The van der Waals surface area contributed by atoms with Gasteiger partial charge >= 0.3 is 0 Å². The summed E-state index contributed by atoms with van der Waals surface area (Å²) < 4.78 is 0. The van der Waals surface area contributed by atoms with Gasteiger partial charge in [-0.15, -0.1) is 0 Å². The molecule has 0 bridgehead atoms. The third kappa shape index (κ3) is 3.53. The molecule has 5 aliphatic carbocycles. The zero-order valence-electron chi connectivity index (χ0n) is 24.4. The summed E-state index contributed by atoms with van der Waals surface area (Å²) in [6.07, 6.45) is 11.7. The molecule has 4 fully saturated rings. The Kier molecular flexibility index (Phi) is 6.77. The van der Waals surface area contributed by atoms with Crippen molar-refractivity contribution in [3.05, 3.63) is 11.6 Å². The molecule has 0 amide bonds. The first-order chi connectivity index (χ1) is 16.2. The maximum Gasteiger partial charge on any atom is 0.0618 e. The van der Waals surface area contributed by atoms with E-state index in [-0.39, 0.29) is 45.2 Å². The largest absolute Gasteiger partial charge is 0.396 e. The third-order valence-corrected chi connectivity index (χ3v) is 13.2. The molecular formula is C32H56O3. The van der Waals surface area contributed by atoms with Crippen LogP contribution in [0.25, 0.3) is 0 Å². The standard InChI is InChI=1S/C30H50O3.C2H6/c1-25(2)16-20-19-8-9-22-27(4)12-11-23(32)28(5,18-31)21(27)10-13-30(22,7)29(19,6)15-14-26(20,3)24(33)17-25;1-2/h8,20-24,31-33H,9-18H2,1-7H3;1-2H3. The first-order valence-electron chi connectivity index (χ1n) is 14.9. The molecule has 3 nitrogen and oxygen atoms in total. The van der Waals surface area contributed by atoms with Gasteiger partial charge in [-0.3, -0.25) is 0 Å². The topological polar surface area (TPSA) is 60.7 Å². The lowest BCUT2D eigenvalue weighted by Crippen LogP contribution is -2.66. The highest BCUT2D eigenvalue weighted by molar-refractivity contribution is 5.34. The molecule has 5 rings (SSSR count). The minimum atomic E-state index is -0.392.